The maximum absolute atomic E-state index is 11.8. The fourth-order valence-electron chi connectivity index (χ4n) is 1.19. The lowest BCUT2D eigenvalue weighted by atomic mass is 10.3. The molecule has 0 spiro atoms. The third kappa shape index (κ3) is 3.27. The molecule has 1 aromatic heterocycles. The normalized spacial score (nSPS) is 11.4. The maximum atomic E-state index is 11.8. The van der Waals surface area contributed by atoms with Gasteiger partial charge in [0.2, 0.25) is 0 Å². The zero-order chi connectivity index (χ0) is 12.9. The quantitative estimate of drug-likeness (QED) is 0.565. The first kappa shape index (κ1) is 13.7. The number of aromatic nitrogens is 2. The van der Waals surface area contributed by atoms with Crippen LogP contribution in [0.4, 0.5) is 0 Å². The lowest BCUT2D eigenvalue weighted by Crippen LogP contribution is -2.26. The highest BCUT2D eigenvalue weighted by Gasteiger charge is 2.24. The number of hydrogen-bond acceptors (Lipinski definition) is 5. The maximum Gasteiger partial charge on any atom is 0.342 e. The van der Waals surface area contributed by atoms with Gasteiger partial charge in [0.1, 0.15) is 5.56 Å². The van der Waals surface area contributed by atoms with E-state index in [0.717, 1.165) is 19.0 Å². The van der Waals surface area contributed by atoms with Crippen molar-refractivity contribution in [2.24, 2.45) is 0 Å². The molecule has 0 atom stereocenters. The van der Waals surface area contributed by atoms with E-state index in [-0.39, 0.29) is 10.6 Å². The summed E-state index contributed by atoms with van der Waals surface area (Å²) in [6, 6.07) is 0. The SMILES string of the molecule is CCCCNS(=O)(=O)c1[nH]ncc1C(=O)OC. The van der Waals surface area contributed by atoms with E-state index in [1.807, 2.05) is 6.92 Å². The van der Waals surface area contributed by atoms with E-state index >= 15 is 0 Å². The van der Waals surface area contributed by atoms with Gasteiger partial charge in [0.25, 0.3) is 10.0 Å². The molecule has 0 amide bonds. The lowest BCUT2D eigenvalue weighted by molar-refractivity contribution is 0.0596. The molecule has 1 rings (SSSR count). The lowest BCUT2D eigenvalue weighted by Gasteiger charge is -2.05. The zero-order valence-electron chi connectivity index (χ0n) is 9.69. The van der Waals surface area contributed by atoms with Crippen molar-refractivity contribution in [3.63, 3.8) is 0 Å². The van der Waals surface area contributed by atoms with Gasteiger partial charge in [-0.15, -0.1) is 0 Å². The number of rotatable bonds is 6. The Kier molecular flexibility index (Phi) is 4.64. The second-order valence-electron chi connectivity index (χ2n) is 3.36. The van der Waals surface area contributed by atoms with Gasteiger partial charge in [0.05, 0.1) is 13.3 Å². The molecule has 0 aromatic carbocycles. The van der Waals surface area contributed by atoms with Crippen molar-refractivity contribution in [1.82, 2.24) is 14.9 Å². The number of carbonyl (C=O) groups excluding carboxylic acids is 1. The molecule has 0 fully saturated rings. The number of sulfonamides is 1. The zero-order valence-corrected chi connectivity index (χ0v) is 10.5. The average Bonchev–Trinajstić information content (AvgIpc) is 2.78. The summed E-state index contributed by atoms with van der Waals surface area (Å²) in [6.45, 7) is 2.27. The van der Waals surface area contributed by atoms with E-state index < -0.39 is 16.0 Å². The molecule has 1 aromatic rings. The summed E-state index contributed by atoms with van der Waals surface area (Å²) in [5.41, 5.74) is -0.100. The summed E-state index contributed by atoms with van der Waals surface area (Å²) in [6.07, 6.45) is 2.72. The largest absolute Gasteiger partial charge is 0.465 e. The Labute approximate surface area is 99.6 Å². The molecule has 8 heteroatoms. The predicted octanol–water partition coefficient (Wildman–Crippen LogP) is 0.275. The molecule has 7 nitrogen and oxygen atoms in total. The highest BCUT2D eigenvalue weighted by atomic mass is 32.2. The van der Waals surface area contributed by atoms with E-state index in [1.54, 1.807) is 0 Å². The van der Waals surface area contributed by atoms with Crippen molar-refractivity contribution in [2.45, 2.75) is 24.8 Å². The van der Waals surface area contributed by atoms with Crippen LogP contribution in [0, 0.1) is 0 Å². The standard InChI is InChI=1S/C9H15N3O4S/c1-3-4-5-11-17(14,15)8-7(6-10-12-8)9(13)16-2/h6,11H,3-5H2,1-2H3,(H,10,12). The van der Waals surface area contributed by atoms with Gasteiger partial charge in [-0.1, -0.05) is 13.3 Å². The Bertz CT molecular complexity index is 480. The van der Waals surface area contributed by atoms with Crippen molar-refractivity contribution in [1.29, 1.82) is 0 Å². The number of esters is 1. The van der Waals surface area contributed by atoms with Crippen molar-refractivity contribution in [3.05, 3.63) is 11.8 Å². The number of H-pyrrole nitrogens is 1. The molecule has 0 aliphatic carbocycles. The van der Waals surface area contributed by atoms with E-state index in [0.29, 0.717) is 6.54 Å². The van der Waals surface area contributed by atoms with E-state index in [1.165, 1.54) is 7.11 Å². The Morgan fingerprint density at radius 3 is 2.88 bits per heavy atom. The van der Waals surface area contributed by atoms with E-state index in [9.17, 15) is 13.2 Å². The Morgan fingerprint density at radius 1 is 1.59 bits per heavy atom. The molecule has 0 aliphatic heterocycles. The first-order valence-corrected chi connectivity index (χ1v) is 6.62. The van der Waals surface area contributed by atoms with Gasteiger partial charge in [-0.3, -0.25) is 5.10 Å². The van der Waals surface area contributed by atoms with Gasteiger partial charge < -0.3 is 4.74 Å². The average molecular weight is 261 g/mol. The second kappa shape index (κ2) is 5.78. The van der Waals surface area contributed by atoms with Crippen molar-refractivity contribution >= 4 is 16.0 Å². The summed E-state index contributed by atoms with van der Waals surface area (Å²) in [7, 11) is -2.57. The van der Waals surface area contributed by atoms with Crippen molar-refractivity contribution in [2.75, 3.05) is 13.7 Å². The minimum Gasteiger partial charge on any atom is -0.465 e. The number of ether oxygens (including phenoxy) is 1. The van der Waals surface area contributed by atoms with Crippen LogP contribution in [0.3, 0.4) is 0 Å². The Morgan fingerprint density at radius 2 is 2.29 bits per heavy atom. The smallest absolute Gasteiger partial charge is 0.342 e. The molecular weight excluding hydrogens is 246 g/mol. The molecular formula is C9H15N3O4S. The molecule has 0 bridgehead atoms. The van der Waals surface area contributed by atoms with Crippen LogP contribution in [-0.2, 0) is 14.8 Å². The number of methoxy groups -OCH3 is 1. The van der Waals surface area contributed by atoms with Gasteiger partial charge in [-0.25, -0.2) is 17.9 Å². The molecule has 1 heterocycles. The van der Waals surface area contributed by atoms with Crippen LogP contribution in [0.25, 0.3) is 0 Å². The molecule has 0 radical (unpaired) electrons. The number of nitrogens with one attached hydrogen (secondary N) is 2. The fourth-order valence-corrected chi connectivity index (χ4v) is 2.35. The minimum absolute atomic E-state index is 0.100. The van der Waals surface area contributed by atoms with Gasteiger partial charge >= 0.3 is 5.97 Å². The van der Waals surface area contributed by atoms with Gasteiger partial charge in [-0.2, -0.15) is 5.10 Å². The van der Waals surface area contributed by atoms with E-state index in [2.05, 4.69) is 19.7 Å². The van der Waals surface area contributed by atoms with Crippen LogP contribution in [-0.4, -0.2) is 38.2 Å². The summed E-state index contributed by atoms with van der Waals surface area (Å²) >= 11 is 0. The van der Waals surface area contributed by atoms with Crippen molar-refractivity contribution < 1.29 is 17.9 Å². The topological polar surface area (TPSA) is 101 Å². The summed E-state index contributed by atoms with van der Waals surface area (Å²) in [5.74, 6) is -0.741. The van der Waals surface area contributed by atoms with E-state index in [4.69, 9.17) is 0 Å². The van der Waals surface area contributed by atoms with Gasteiger partial charge in [0, 0.05) is 6.54 Å². The monoisotopic (exact) mass is 261 g/mol. The molecule has 96 valence electrons. The number of hydrogen-bond donors (Lipinski definition) is 2. The minimum atomic E-state index is -3.74. The Balaban J connectivity index is 2.92. The van der Waals surface area contributed by atoms with Gasteiger partial charge in [-0.05, 0) is 6.42 Å². The third-order valence-corrected chi connectivity index (χ3v) is 3.53. The predicted molar refractivity (Wildman–Crippen MR) is 60.0 cm³/mol. The number of carbonyl (C=O) groups is 1. The van der Waals surface area contributed by atoms with Crippen LogP contribution in [0.15, 0.2) is 11.2 Å². The molecule has 0 saturated heterocycles. The molecule has 0 aliphatic rings. The van der Waals surface area contributed by atoms with Crippen LogP contribution in [0.1, 0.15) is 30.1 Å². The highest BCUT2D eigenvalue weighted by molar-refractivity contribution is 7.89. The Hall–Kier alpha value is -1.41. The van der Waals surface area contributed by atoms with Crippen LogP contribution >= 0.6 is 0 Å². The van der Waals surface area contributed by atoms with Gasteiger partial charge in [0.15, 0.2) is 5.03 Å². The van der Waals surface area contributed by atoms with Crippen molar-refractivity contribution in [3.8, 4) is 0 Å². The molecule has 0 unspecified atom stereocenters. The number of aromatic amines is 1. The fraction of sp³-hybridized carbons (Fsp3) is 0.556. The molecule has 0 saturated carbocycles. The van der Waals surface area contributed by atoms with Crippen LogP contribution < -0.4 is 4.72 Å². The third-order valence-electron chi connectivity index (χ3n) is 2.10. The first-order valence-electron chi connectivity index (χ1n) is 5.14. The molecule has 2 N–H and O–H groups in total. The second-order valence-corrected chi connectivity index (χ2v) is 5.06. The number of nitrogens with zero attached hydrogens (tertiary/aromatic N) is 1. The summed E-state index contributed by atoms with van der Waals surface area (Å²) in [4.78, 5) is 11.3. The highest BCUT2D eigenvalue weighted by Crippen LogP contribution is 2.12. The molecule has 17 heavy (non-hydrogen) atoms. The van der Waals surface area contributed by atoms with Crippen LogP contribution in [0.5, 0.6) is 0 Å². The summed E-state index contributed by atoms with van der Waals surface area (Å²) in [5, 5.41) is 5.56. The summed E-state index contributed by atoms with van der Waals surface area (Å²) < 4.78 is 30.5. The van der Waals surface area contributed by atoms with Crippen LogP contribution in [0.2, 0.25) is 0 Å². The first-order chi connectivity index (χ1) is 8.03. The number of unbranched alkanes of at least 4 members (excludes halogenated alkanes) is 1.